The maximum absolute atomic E-state index is 13.3. The highest BCUT2D eigenvalue weighted by Crippen LogP contribution is 2.26. The lowest BCUT2D eigenvalue weighted by atomic mass is 9.93. The van der Waals surface area contributed by atoms with Crippen molar-refractivity contribution < 1.29 is 14.4 Å². The van der Waals surface area contributed by atoms with E-state index in [4.69, 9.17) is 23.2 Å². The molecule has 7 nitrogen and oxygen atoms in total. The van der Waals surface area contributed by atoms with E-state index in [9.17, 15) is 14.4 Å². The molecular weight excluding hydrogens is 439 g/mol. The van der Waals surface area contributed by atoms with Crippen molar-refractivity contribution in [1.29, 1.82) is 0 Å². The molecule has 2 aliphatic heterocycles. The van der Waals surface area contributed by atoms with Crippen LogP contribution in [0.3, 0.4) is 0 Å². The molecule has 162 valence electrons. The molecular formula is C22H22Cl2N4O3. The lowest BCUT2D eigenvalue weighted by Gasteiger charge is -2.46. The second-order valence-corrected chi connectivity index (χ2v) is 8.53. The number of carbonyl (C=O) groups is 3. The molecule has 2 saturated heterocycles. The lowest BCUT2D eigenvalue weighted by molar-refractivity contribution is -0.138. The summed E-state index contributed by atoms with van der Waals surface area (Å²) < 4.78 is 0. The second kappa shape index (κ2) is 9.26. The summed E-state index contributed by atoms with van der Waals surface area (Å²) in [6.07, 6.45) is 1.49. The number of imide groups is 1. The number of urea groups is 1. The maximum atomic E-state index is 13.3. The zero-order valence-electron chi connectivity index (χ0n) is 16.7. The first-order valence-electron chi connectivity index (χ1n) is 10.1. The predicted octanol–water partition coefficient (Wildman–Crippen LogP) is 3.52. The third kappa shape index (κ3) is 4.84. The Kier molecular flexibility index (Phi) is 6.46. The van der Waals surface area contributed by atoms with Crippen molar-refractivity contribution in [3.8, 4) is 0 Å². The van der Waals surface area contributed by atoms with Crippen LogP contribution in [0.25, 0.3) is 0 Å². The molecule has 2 atom stereocenters. The number of amides is 4. The SMILES string of the molecule is O=C(CN1C(=O)N(Cc2ccc(Cl)cc2)C(=O)C2NCCCC21)Nc1ccc(Cl)cc1. The normalized spacial score (nSPS) is 21.1. The fourth-order valence-corrected chi connectivity index (χ4v) is 4.26. The number of benzene rings is 2. The van der Waals surface area contributed by atoms with Crippen LogP contribution < -0.4 is 10.6 Å². The van der Waals surface area contributed by atoms with Crippen LogP contribution in [0.2, 0.25) is 10.0 Å². The summed E-state index contributed by atoms with van der Waals surface area (Å²) in [4.78, 5) is 41.7. The summed E-state index contributed by atoms with van der Waals surface area (Å²) in [5.41, 5.74) is 1.37. The van der Waals surface area contributed by atoms with E-state index in [1.165, 1.54) is 9.80 Å². The fraction of sp³-hybridized carbons (Fsp3) is 0.318. The Balaban J connectivity index is 1.53. The van der Waals surface area contributed by atoms with Crippen LogP contribution in [0.4, 0.5) is 10.5 Å². The number of anilines is 1. The van der Waals surface area contributed by atoms with E-state index in [0.717, 1.165) is 12.0 Å². The van der Waals surface area contributed by atoms with Crippen molar-refractivity contribution in [3.05, 3.63) is 64.1 Å². The Hall–Kier alpha value is -2.61. The minimum absolute atomic E-state index is 0.120. The summed E-state index contributed by atoms with van der Waals surface area (Å²) in [5.74, 6) is -0.597. The fourth-order valence-electron chi connectivity index (χ4n) is 4.01. The van der Waals surface area contributed by atoms with Crippen LogP contribution in [-0.2, 0) is 16.1 Å². The number of hydrogen-bond acceptors (Lipinski definition) is 4. The highest BCUT2D eigenvalue weighted by Gasteiger charge is 2.47. The maximum Gasteiger partial charge on any atom is 0.327 e. The molecule has 4 amide bonds. The number of rotatable bonds is 5. The zero-order valence-corrected chi connectivity index (χ0v) is 18.2. The van der Waals surface area contributed by atoms with Crippen LogP contribution in [-0.4, -0.2) is 52.8 Å². The average Bonchev–Trinajstić information content (AvgIpc) is 2.77. The summed E-state index contributed by atoms with van der Waals surface area (Å²) in [7, 11) is 0. The molecule has 0 aromatic heterocycles. The van der Waals surface area contributed by atoms with Gasteiger partial charge in [0, 0.05) is 15.7 Å². The van der Waals surface area contributed by atoms with Crippen molar-refractivity contribution in [3.63, 3.8) is 0 Å². The van der Waals surface area contributed by atoms with E-state index >= 15 is 0 Å². The van der Waals surface area contributed by atoms with Gasteiger partial charge in [-0.25, -0.2) is 4.79 Å². The topological polar surface area (TPSA) is 81.8 Å². The smallest absolute Gasteiger partial charge is 0.325 e. The minimum Gasteiger partial charge on any atom is -0.325 e. The van der Waals surface area contributed by atoms with Crippen LogP contribution >= 0.6 is 23.2 Å². The Morgan fingerprint density at radius 3 is 2.35 bits per heavy atom. The predicted molar refractivity (Wildman–Crippen MR) is 119 cm³/mol. The lowest BCUT2D eigenvalue weighted by Crippen LogP contribution is -2.70. The molecule has 0 bridgehead atoms. The van der Waals surface area contributed by atoms with Crippen LogP contribution in [0.15, 0.2) is 48.5 Å². The van der Waals surface area contributed by atoms with Gasteiger partial charge < -0.3 is 15.5 Å². The quantitative estimate of drug-likeness (QED) is 0.714. The molecule has 31 heavy (non-hydrogen) atoms. The van der Waals surface area contributed by atoms with Gasteiger partial charge in [0.25, 0.3) is 0 Å². The first-order chi connectivity index (χ1) is 14.9. The van der Waals surface area contributed by atoms with Gasteiger partial charge in [-0.15, -0.1) is 0 Å². The third-order valence-electron chi connectivity index (χ3n) is 5.53. The zero-order chi connectivity index (χ0) is 22.0. The minimum atomic E-state index is -0.526. The Bertz CT molecular complexity index is 981. The first-order valence-corrected chi connectivity index (χ1v) is 10.8. The van der Waals surface area contributed by atoms with Crippen molar-refractivity contribution in [2.75, 3.05) is 18.4 Å². The number of hydrogen-bond donors (Lipinski definition) is 2. The molecule has 2 aromatic rings. The van der Waals surface area contributed by atoms with Crippen molar-refractivity contribution in [2.24, 2.45) is 0 Å². The van der Waals surface area contributed by atoms with E-state index < -0.39 is 12.1 Å². The van der Waals surface area contributed by atoms with E-state index in [2.05, 4.69) is 10.6 Å². The Morgan fingerprint density at radius 1 is 1.03 bits per heavy atom. The van der Waals surface area contributed by atoms with Gasteiger partial charge in [0.1, 0.15) is 12.6 Å². The molecule has 0 radical (unpaired) electrons. The van der Waals surface area contributed by atoms with E-state index in [1.807, 2.05) is 0 Å². The van der Waals surface area contributed by atoms with Gasteiger partial charge in [-0.1, -0.05) is 35.3 Å². The number of fused-ring (bicyclic) bond motifs is 1. The number of nitrogens with zero attached hydrogens (tertiary/aromatic N) is 2. The molecule has 0 saturated carbocycles. The summed E-state index contributed by atoms with van der Waals surface area (Å²) in [6, 6.07) is 12.4. The van der Waals surface area contributed by atoms with E-state index in [1.54, 1.807) is 48.5 Å². The Labute approximate surface area is 190 Å². The van der Waals surface area contributed by atoms with Gasteiger partial charge in [-0.3, -0.25) is 14.5 Å². The monoisotopic (exact) mass is 460 g/mol. The highest BCUT2D eigenvalue weighted by molar-refractivity contribution is 6.30. The standard InChI is InChI=1S/C22H22Cl2N4O3/c23-15-5-3-14(4-6-15)12-28-21(30)20-18(2-1-11-25-20)27(22(28)31)13-19(29)26-17-9-7-16(24)8-10-17/h3-10,18,20,25H,1-2,11-13H2,(H,26,29). The van der Waals surface area contributed by atoms with Gasteiger partial charge in [-0.2, -0.15) is 0 Å². The van der Waals surface area contributed by atoms with E-state index in [0.29, 0.717) is 28.7 Å². The van der Waals surface area contributed by atoms with Gasteiger partial charge in [0.05, 0.1) is 12.6 Å². The number of halogens is 2. The van der Waals surface area contributed by atoms with Crippen LogP contribution in [0, 0.1) is 0 Å². The molecule has 2 aliphatic rings. The van der Waals surface area contributed by atoms with Gasteiger partial charge in [-0.05, 0) is 61.3 Å². The van der Waals surface area contributed by atoms with Crippen LogP contribution in [0.5, 0.6) is 0 Å². The van der Waals surface area contributed by atoms with Crippen LogP contribution in [0.1, 0.15) is 18.4 Å². The average molecular weight is 461 g/mol. The number of carbonyl (C=O) groups excluding carboxylic acids is 3. The molecule has 2 aromatic carbocycles. The summed E-state index contributed by atoms with van der Waals surface area (Å²) in [5, 5.41) is 7.15. The number of piperidine rings is 1. The van der Waals surface area contributed by atoms with Crippen molar-refractivity contribution in [2.45, 2.75) is 31.5 Å². The molecule has 2 heterocycles. The molecule has 9 heteroatoms. The molecule has 2 fully saturated rings. The van der Waals surface area contributed by atoms with E-state index in [-0.39, 0.29) is 30.9 Å². The highest BCUT2D eigenvalue weighted by atomic mass is 35.5. The molecule has 0 spiro atoms. The number of nitrogens with one attached hydrogen (secondary N) is 2. The van der Waals surface area contributed by atoms with Gasteiger partial charge in [0.2, 0.25) is 11.8 Å². The Morgan fingerprint density at radius 2 is 1.68 bits per heavy atom. The molecule has 4 rings (SSSR count). The summed E-state index contributed by atoms with van der Waals surface area (Å²) >= 11 is 11.8. The molecule has 2 unspecified atom stereocenters. The van der Waals surface area contributed by atoms with Crippen molar-refractivity contribution >= 4 is 46.7 Å². The third-order valence-corrected chi connectivity index (χ3v) is 6.03. The largest absolute Gasteiger partial charge is 0.327 e. The second-order valence-electron chi connectivity index (χ2n) is 7.66. The van der Waals surface area contributed by atoms with Gasteiger partial charge in [0.15, 0.2) is 0 Å². The first kappa shape index (κ1) is 21.6. The molecule has 2 N–H and O–H groups in total. The summed E-state index contributed by atoms with van der Waals surface area (Å²) in [6.45, 7) is 0.671. The molecule has 0 aliphatic carbocycles. The van der Waals surface area contributed by atoms with Crippen molar-refractivity contribution in [1.82, 2.24) is 15.1 Å². The van der Waals surface area contributed by atoms with Gasteiger partial charge >= 0.3 is 6.03 Å².